The summed E-state index contributed by atoms with van der Waals surface area (Å²) in [6.45, 7) is 11.1. The lowest BCUT2D eigenvalue weighted by Crippen LogP contribution is -2.51. The Hall–Kier alpha value is -3.07. The second kappa shape index (κ2) is 13.7. The van der Waals surface area contributed by atoms with E-state index in [1.54, 1.807) is 49.4 Å². The molecule has 0 saturated heterocycles. The van der Waals surface area contributed by atoms with E-state index in [-0.39, 0.29) is 23.3 Å². The molecule has 0 spiro atoms. The van der Waals surface area contributed by atoms with Crippen LogP contribution in [0, 0.1) is 26.7 Å². The van der Waals surface area contributed by atoms with E-state index in [0.29, 0.717) is 27.8 Å². The van der Waals surface area contributed by atoms with Crippen LogP contribution in [0.1, 0.15) is 43.0 Å². The van der Waals surface area contributed by atoms with Crippen molar-refractivity contribution in [3.8, 4) is 0 Å². The highest BCUT2D eigenvalue weighted by atomic mass is 35.5. The van der Waals surface area contributed by atoms with Gasteiger partial charge in [0.1, 0.15) is 12.6 Å². The van der Waals surface area contributed by atoms with Gasteiger partial charge in [0.15, 0.2) is 0 Å². The van der Waals surface area contributed by atoms with E-state index in [9.17, 15) is 18.0 Å². The second-order valence-corrected chi connectivity index (χ2v) is 13.4. The Balaban J connectivity index is 2.06. The second-order valence-electron chi connectivity index (χ2n) is 10.8. The number of aryl methyl sites for hydroxylation is 3. The van der Waals surface area contributed by atoms with Gasteiger partial charge in [0.05, 0.1) is 20.6 Å². The number of hydrogen-bond acceptors (Lipinski definition) is 4. The number of carbonyl (C=O) groups excluding carboxylic acids is 2. The summed E-state index contributed by atoms with van der Waals surface area (Å²) in [7, 11) is -4.14. The largest absolute Gasteiger partial charge is 0.354 e. The predicted molar refractivity (Wildman–Crippen MR) is 166 cm³/mol. The van der Waals surface area contributed by atoms with Crippen LogP contribution in [0.4, 0.5) is 5.69 Å². The van der Waals surface area contributed by atoms with Crippen molar-refractivity contribution >= 4 is 50.7 Å². The number of carbonyl (C=O) groups is 2. The summed E-state index contributed by atoms with van der Waals surface area (Å²) < 4.78 is 29.1. The normalized spacial score (nSPS) is 12.2. The van der Waals surface area contributed by atoms with Gasteiger partial charge in [0, 0.05) is 13.1 Å². The highest BCUT2D eigenvalue weighted by Crippen LogP contribution is 2.28. The van der Waals surface area contributed by atoms with Gasteiger partial charge in [0.2, 0.25) is 11.8 Å². The molecule has 0 saturated carbocycles. The van der Waals surface area contributed by atoms with E-state index in [4.69, 9.17) is 23.2 Å². The third kappa shape index (κ3) is 8.47. The van der Waals surface area contributed by atoms with Crippen LogP contribution >= 0.6 is 23.2 Å². The molecule has 0 heterocycles. The molecule has 3 rings (SSSR count). The van der Waals surface area contributed by atoms with Crippen LogP contribution in [0.15, 0.2) is 65.6 Å². The van der Waals surface area contributed by atoms with E-state index in [2.05, 4.69) is 5.32 Å². The molecule has 0 aliphatic heterocycles. The van der Waals surface area contributed by atoms with Crippen molar-refractivity contribution in [3.63, 3.8) is 0 Å². The summed E-state index contributed by atoms with van der Waals surface area (Å²) in [5.41, 5.74) is 3.63. The maximum Gasteiger partial charge on any atom is 0.264 e. The van der Waals surface area contributed by atoms with E-state index in [0.717, 1.165) is 21.0 Å². The molecule has 3 aromatic carbocycles. The molecule has 2 amide bonds. The standard InChI is InChI=1S/C31H37Cl2N3O4S/c1-20(2)17-34-31(38)24(6)35(18-25-9-12-28(32)29(33)16-25)30(37)19-36(26-14-22(4)13-23(5)15-26)41(39,40)27-10-7-21(3)8-11-27/h7-16,20,24H,17-19H2,1-6H3,(H,34,38)/t24-/m1/s1. The molecule has 0 unspecified atom stereocenters. The van der Waals surface area contributed by atoms with Gasteiger partial charge in [-0.1, -0.05) is 66.9 Å². The molecule has 7 nitrogen and oxygen atoms in total. The van der Waals surface area contributed by atoms with Crippen molar-refractivity contribution < 1.29 is 18.0 Å². The minimum atomic E-state index is -4.14. The first-order valence-electron chi connectivity index (χ1n) is 13.4. The molecule has 41 heavy (non-hydrogen) atoms. The average Bonchev–Trinajstić information content (AvgIpc) is 2.89. The molecule has 0 radical (unpaired) electrons. The highest BCUT2D eigenvalue weighted by molar-refractivity contribution is 7.92. The summed E-state index contributed by atoms with van der Waals surface area (Å²) in [6, 6.07) is 16.0. The van der Waals surface area contributed by atoms with Crippen LogP contribution in [0.25, 0.3) is 0 Å². The van der Waals surface area contributed by atoms with Crippen molar-refractivity contribution in [3.05, 3.63) is 93.0 Å². The number of amides is 2. The van der Waals surface area contributed by atoms with Crippen LogP contribution in [-0.4, -0.2) is 44.3 Å². The fourth-order valence-electron chi connectivity index (χ4n) is 4.33. The maximum absolute atomic E-state index is 14.0. The first kappa shape index (κ1) is 32.4. The Bertz CT molecular complexity index is 1490. The Morgan fingerprint density at radius 2 is 1.44 bits per heavy atom. The Morgan fingerprint density at radius 1 is 0.829 bits per heavy atom. The summed E-state index contributed by atoms with van der Waals surface area (Å²) in [6.07, 6.45) is 0. The number of anilines is 1. The van der Waals surface area contributed by atoms with E-state index in [1.807, 2.05) is 40.7 Å². The first-order valence-corrected chi connectivity index (χ1v) is 15.6. The van der Waals surface area contributed by atoms with E-state index >= 15 is 0 Å². The van der Waals surface area contributed by atoms with Gasteiger partial charge in [-0.05, 0) is 86.7 Å². The van der Waals surface area contributed by atoms with Gasteiger partial charge in [-0.25, -0.2) is 8.42 Å². The maximum atomic E-state index is 14.0. The Kier molecular flexibility index (Phi) is 10.9. The van der Waals surface area contributed by atoms with Crippen LogP contribution in [0.2, 0.25) is 10.0 Å². The number of sulfonamides is 1. The van der Waals surface area contributed by atoms with E-state index < -0.39 is 28.5 Å². The molecule has 0 fully saturated rings. The average molecular weight is 619 g/mol. The lowest BCUT2D eigenvalue weighted by atomic mass is 10.1. The third-order valence-corrected chi connectivity index (χ3v) is 9.10. The third-order valence-electron chi connectivity index (χ3n) is 6.57. The smallest absolute Gasteiger partial charge is 0.264 e. The summed E-state index contributed by atoms with van der Waals surface area (Å²) in [4.78, 5) is 28.6. The lowest BCUT2D eigenvalue weighted by Gasteiger charge is -2.32. The predicted octanol–water partition coefficient (Wildman–Crippen LogP) is 6.30. The quantitative estimate of drug-likeness (QED) is 0.273. The van der Waals surface area contributed by atoms with Crippen molar-refractivity contribution in [1.82, 2.24) is 10.2 Å². The number of hydrogen-bond donors (Lipinski definition) is 1. The first-order chi connectivity index (χ1) is 19.2. The lowest BCUT2D eigenvalue weighted by molar-refractivity contribution is -0.139. The molecule has 220 valence electrons. The van der Waals surface area contributed by atoms with Crippen LogP contribution < -0.4 is 9.62 Å². The summed E-state index contributed by atoms with van der Waals surface area (Å²) in [5.74, 6) is -0.672. The number of rotatable bonds is 11. The fourth-order valence-corrected chi connectivity index (χ4v) is 6.05. The van der Waals surface area contributed by atoms with Crippen molar-refractivity contribution in [2.75, 3.05) is 17.4 Å². The fraction of sp³-hybridized carbons (Fsp3) is 0.355. The topological polar surface area (TPSA) is 86.8 Å². The van der Waals surface area contributed by atoms with Gasteiger partial charge in [-0.3, -0.25) is 13.9 Å². The molecular formula is C31H37Cl2N3O4S. The summed E-state index contributed by atoms with van der Waals surface area (Å²) in [5, 5.41) is 3.55. The molecular weight excluding hydrogens is 581 g/mol. The van der Waals surface area contributed by atoms with E-state index in [1.165, 1.54) is 17.0 Å². The van der Waals surface area contributed by atoms with Crippen LogP contribution in [-0.2, 0) is 26.2 Å². The zero-order chi connectivity index (χ0) is 30.5. The minimum Gasteiger partial charge on any atom is -0.354 e. The van der Waals surface area contributed by atoms with Crippen molar-refractivity contribution in [2.45, 2.75) is 59.0 Å². The highest BCUT2D eigenvalue weighted by Gasteiger charge is 2.32. The number of nitrogens with one attached hydrogen (secondary N) is 1. The molecule has 1 N–H and O–H groups in total. The van der Waals surface area contributed by atoms with Crippen molar-refractivity contribution in [1.29, 1.82) is 0 Å². The monoisotopic (exact) mass is 617 g/mol. The molecule has 10 heteroatoms. The zero-order valence-electron chi connectivity index (χ0n) is 24.2. The Morgan fingerprint density at radius 3 is 2.00 bits per heavy atom. The SMILES string of the molecule is Cc1ccc(S(=O)(=O)N(CC(=O)N(Cc2ccc(Cl)c(Cl)c2)[C@H](C)C(=O)NCC(C)C)c2cc(C)cc(C)c2)cc1. The molecule has 1 atom stereocenters. The van der Waals surface area contributed by atoms with Gasteiger partial charge in [0.25, 0.3) is 10.0 Å². The van der Waals surface area contributed by atoms with Gasteiger partial charge in [-0.2, -0.15) is 0 Å². The van der Waals surface area contributed by atoms with Gasteiger partial charge >= 0.3 is 0 Å². The molecule has 0 bridgehead atoms. The molecule has 0 aromatic heterocycles. The molecule has 0 aliphatic carbocycles. The Labute approximate surface area is 253 Å². The minimum absolute atomic E-state index is 0.0251. The number of benzene rings is 3. The number of halogens is 2. The van der Waals surface area contributed by atoms with Crippen molar-refractivity contribution in [2.24, 2.45) is 5.92 Å². The molecule has 0 aliphatic rings. The number of nitrogens with zero attached hydrogens (tertiary/aromatic N) is 2. The van der Waals surface area contributed by atoms with Crippen LogP contribution in [0.5, 0.6) is 0 Å². The molecule has 3 aromatic rings. The van der Waals surface area contributed by atoms with Gasteiger partial charge < -0.3 is 10.2 Å². The van der Waals surface area contributed by atoms with Crippen LogP contribution in [0.3, 0.4) is 0 Å². The zero-order valence-corrected chi connectivity index (χ0v) is 26.6. The van der Waals surface area contributed by atoms with Gasteiger partial charge in [-0.15, -0.1) is 0 Å². The summed E-state index contributed by atoms with van der Waals surface area (Å²) >= 11 is 12.3.